The molecule has 3 aromatic rings. The van der Waals surface area contributed by atoms with Crippen molar-refractivity contribution in [3.63, 3.8) is 0 Å². The fraction of sp³-hybridized carbons (Fsp3) is 0.214. The summed E-state index contributed by atoms with van der Waals surface area (Å²) in [6, 6.07) is 25.3. The number of benzene rings is 3. The number of anilines is 1. The minimum atomic E-state index is -0.419. The number of nitrogens with zero attached hydrogens (tertiary/aromatic N) is 2. The Balaban J connectivity index is 1.70. The average molecular weight is 473 g/mol. The van der Waals surface area contributed by atoms with Gasteiger partial charge in [0.15, 0.2) is 22.4 Å². The zero-order chi connectivity index (χ0) is 24.1. The van der Waals surface area contributed by atoms with E-state index in [0.717, 1.165) is 27.7 Å². The van der Waals surface area contributed by atoms with E-state index in [1.165, 1.54) is 0 Å². The minimum absolute atomic E-state index is 0.00398. The van der Waals surface area contributed by atoms with E-state index in [9.17, 15) is 4.79 Å². The van der Waals surface area contributed by atoms with E-state index >= 15 is 0 Å². The molecule has 174 valence electrons. The SMILES string of the molecule is COc1cc([C@@H]2N=C(SC)N(c3ccccc3)C(C)=C2C(C)=O)ccc1OCc1ccccc1. The predicted octanol–water partition coefficient (Wildman–Crippen LogP) is 6.42. The van der Waals surface area contributed by atoms with Crippen molar-refractivity contribution in [1.82, 2.24) is 0 Å². The molecule has 0 saturated heterocycles. The Bertz CT molecular complexity index is 1220. The van der Waals surface area contributed by atoms with Crippen molar-refractivity contribution in [2.75, 3.05) is 18.3 Å². The number of aliphatic imine (C=N–C) groups is 1. The van der Waals surface area contributed by atoms with E-state index in [-0.39, 0.29) is 5.78 Å². The molecule has 34 heavy (non-hydrogen) atoms. The molecule has 1 atom stereocenters. The van der Waals surface area contributed by atoms with Gasteiger partial charge in [0.05, 0.1) is 7.11 Å². The third kappa shape index (κ3) is 4.87. The fourth-order valence-corrected chi connectivity index (χ4v) is 4.75. The summed E-state index contributed by atoms with van der Waals surface area (Å²) in [4.78, 5) is 19.9. The summed E-state index contributed by atoms with van der Waals surface area (Å²) in [5.74, 6) is 1.26. The topological polar surface area (TPSA) is 51.1 Å². The van der Waals surface area contributed by atoms with Crippen LogP contribution in [0.2, 0.25) is 0 Å². The van der Waals surface area contributed by atoms with Crippen molar-refractivity contribution in [3.8, 4) is 11.5 Å². The molecular formula is C28H28N2O3S. The summed E-state index contributed by atoms with van der Waals surface area (Å²) in [6.07, 6.45) is 2.00. The first kappa shape index (κ1) is 23.6. The molecule has 4 rings (SSSR count). The summed E-state index contributed by atoms with van der Waals surface area (Å²) in [5, 5.41) is 0.835. The summed E-state index contributed by atoms with van der Waals surface area (Å²) in [6.45, 7) is 4.03. The lowest BCUT2D eigenvalue weighted by Crippen LogP contribution is -2.34. The number of rotatable bonds is 7. The highest BCUT2D eigenvalue weighted by molar-refractivity contribution is 8.13. The van der Waals surface area contributed by atoms with Crippen LogP contribution in [0.3, 0.4) is 0 Å². The van der Waals surface area contributed by atoms with Crippen molar-refractivity contribution in [2.24, 2.45) is 4.99 Å². The van der Waals surface area contributed by atoms with E-state index in [2.05, 4.69) is 0 Å². The van der Waals surface area contributed by atoms with Gasteiger partial charge in [0, 0.05) is 17.0 Å². The van der Waals surface area contributed by atoms with Gasteiger partial charge in [-0.3, -0.25) is 9.69 Å². The number of methoxy groups -OCH3 is 1. The Morgan fingerprint density at radius 1 is 1.00 bits per heavy atom. The number of hydrogen-bond donors (Lipinski definition) is 0. The van der Waals surface area contributed by atoms with Gasteiger partial charge in [0.1, 0.15) is 12.6 Å². The highest BCUT2D eigenvalue weighted by atomic mass is 32.2. The maximum absolute atomic E-state index is 12.8. The number of Topliss-reactive ketones (excluding diaryl/α,β-unsaturated/α-hetero) is 1. The lowest BCUT2D eigenvalue weighted by atomic mass is 9.93. The van der Waals surface area contributed by atoms with Gasteiger partial charge >= 0.3 is 0 Å². The molecule has 0 unspecified atom stereocenters. The van der Waals surface area contributed by atoms with Crippen LogP contribution >= 0.6 is 11.8 Å². The zero-order valence-corrected chi connectivity index (χ0v) is 20.6. The van der Waals surface area contributed by atoms with E-state index in [1.807, 2.05) is 96.9 Å². The molecule has 5 nitrogen and oxygen atoms in total. The quantitative estimate of drug-likeness (QED) is 0.397. The third-order valence-electron chi connectivity index (χ3n) is 5.75. The van der Waals surface area contributed by atoms with Crippen LogP contribution in [0.5, 0.6) is 11.5 Å². The first-order valence-electron chi connectivity index (χ1n) is 11.1. The molecule has 0 spiro atoms. The molecule has 0 aliphatic carbocycles. The van der Waals surface area contributed by atoms with Crippen LogP contribution in [0, 0.1) is 0 Å². The van der Waals surface area contributed by atoms with Crippen LogP contribution < -0.4 is 14.4 Å². The second-order valence-electron chi connectivity index (χ2n) is 7.93. The zero-order valence-electron chi connectivity index (χ0n) is 19.8. The molecular weight excluding hydrogens is 444 g/mol. The van der Waals surface area contributed by atoms with E-state index in [0.29, 0.717) is 23.7 Å². The summed E-state index contributed by atoms with van der Waals surface area (Å²) in [7, 11) is 1.62. The van der Waals surface area contributed by atoms with Gasteiger partial charge in [0.2, 0.25) is 0 Å². The maximum atomic E-state index is 12.8. The highest BCUT2D eigenvalue weighted by Gasteiger charge is 2.32. The molecule has 0 saturated carbocycles. The summed E-state index contributed by atoms with van der Waals surface area (Å²) in [5.41, 5.74) is 4.49. The van der Waals surface area contributed by atoms with Crippen molar-refractivity contribution in [2.45, 2.75) is 26.5 Å². The maximum Gasteiger partial charge on any atom is 0.168 e. The number of hydrogen-bond acceptors (Lipinski definition) is 6. The van der Waals surface area contributed by atoms with Gasteiger partial charge in [-0.15, -0.1) is 0 Å². The Labute approximate surface area is 205 Å². The van der Waals surface area contributed by atoms with Crippen LogP contribution in [0.4, 0.5) is 5.69 Å². The van der Waals surface area contributed by atoms with Gasteiger partial charge in [-0.2, -0.15) is 0 Å². The van der Waals surface area contributed by atoms with E-state index in [4.69, 9.17) is 14.5 Å². The molecule has 1 aliphatic heterocycles. The van der Waals surface area contributed by atoms with Crippen LogP contribution in [0.1, 0.15) is 31.0 Å². The lowest BCUT2D eigenvalue weighted by molar-refractivity contribution is -0.113. The number of amidine groups is 1. The number of carbonyl (C=O) groups is 1. The summed E-state index contributed by atoms with van der Waals surface area (Å²) >= 11 is 1.56. The Morgan fingerprint density at radius 3 is 2.29 bits per heavy atom. The van der Waals surface area contributed by atoms with Gasteiger partial charge < -0.3 is 9.47 Å². The van der Waals surface area contributed by atoms with Crippen molar-refractivity contribution < 1.29 is 14.3 Å². The van der Waals surface area contributed by atoms with Gasteiger partial charge in [0.25, 0.3) is 0 Å². The fourth-order valence-electron chi connectivity index (χ4n) is 4.12. The van der Waals surface area contributed by atoms with Crippen molar-refractivity contribution >= 4 is 28.4 Å². The molecule has 1 aliphatic rings. The van der Waals surface area contributed by atoms with Crippen molar-refractivity contribution in [1.29, 1.82) is 0 Å². The monoisotopic (exact) mass is 472 g/mol. The van der Waals surface area contributed by atoms with Gasteiger partial charge in [-0.1, -0.05) is 66.4 Å². The first-order chi connectivity index (χ1) is 16.5. The lowest BCUT2D eigenvalue weighted by Gasteiger charge is -2.34. The molecule has 6 heteroatoms. The summed E-state index contributed by atoms with van der Waals surface area (Å²) < 4.78 is 11.7. The van der Waals surface area contributed by atoms with Gasteiger partial charge in [-0.05, 0) is 55.5 Å². The molecule has 0 radical (unpaired) electrons. The molecule has 0 bridgehead atoms. The molecule has 0 aromatic heterocycles. The average Bonchev–Trinajstić information content (AvgIpc) is 2.87. The Hall–Kier alpha value is -3.51. The highest BCUT2D eigenvalue weighted by Crippen LogP contribution is 2.41. The number of ketones is 1. The van der Waals surface area contributed by atoms with Crippen molar-refractivity contribution in [3.05, 3.63) is 101 Å². The normalized spacial score (nSPS) is 15.7. The second-order valence-corrected chi connectivity index (χ2v) is 8.70. The molecule has 0 amide bonds. The number of thioether (sulfide) groups is 1. The number of allylic oxidation sites excluding steroid dienone is 1. The minimum Gasteiger partial charge on any atom is -0.493 e. The third-order valence-corrected chi connectivity index (χ3v) is 6.40. The molecule has 3 aromatic carbocycles. The number of para-hydroxylation sites is 1. The standard InChI is InChI=1S/C28H28N2O3S/c1-19-26(20(2)31)27(29-28(34-4)30(19)23-13-9-6-10-14-23)22-15-16-24(25(17-22)32-3)33-18-21-11-7-5-8-12-21/h5-17,27H,18H2,1-4H3/t27-/m0/s1. The first-order valence-corrected chi connectivity index (χ1v) is 12.3. The van der Waals surface area contributed by atoms with Crippen LogP contribution in [0.15, 0.2) is 95.1 Å². The molecule has 0 N–H and O–H groups in total. The molecule has 0 fully saturated rings. The second kappa shape index (κ2) is 10.6. The Morgan fingerprint density at radius 2 is 1.68 bits per heavy atom. The Kier molecular flexibility index (Phi) is 7.38. The largest absolute Gasteiger partial charge is 0.493 e. The molecule has 1 heterocycles. The van der Waals surface area contributed by atoms with Gasteiger partial charge in [-0.25, -0.2) is 4.99 Å². The predicted molar refractivity (Wildman–Crippen MR) is 140 cm³/mol. The number of carbonyl (C=O) groups excluding carboxylic acids is 1. The number of ether oxygens (including phenoxy) is 2. The van der Waals surface area contributed by atoms with Crippen LogP contribution in [-0.2, 0) is 11.4 Å². The van der Waals surface area contributed by atoms with E-state index < -0.39 is 6.04 Å². The van der Waals surface area contributed by atoms with E-state index in [1.54, 1.807) is 25.8 Å². The van der Waals surface area contributed by atoms with Crippen LogP contribution in [0.25, 0.3) is 0 Å². The smallest absolute Gasteiger partial charge is 0.168 e. The van der Waals surface area contributed by atoms with Crippen LogP contribution in [-0.4, -0.2) is 24.3 Å².